The van der Waals surface area contributed by atoms with E-state index in [4.69, 9.17) is 0 Å². The van der Waals surface area contributed by atoms with Crippen molar-refractivity contribution in [1.82, 2.24) is 9.55 Å². The summed E-state index contributed by atoms with van der Waals surface area (Å²) in [5.74, 6) is -1.88. The molecule has 1 aromatic carbocycles. The van der Waals surface area contributed by atoms with Gasteiger partial charge in [-0.2, -0.15) is 13.2 Å². The molecule has 0 aliphatic rings. The Kier molecular flexibility index (Phi) is 4.14. The van der Waals surface area contributed by atoms with Crippen LogP contribution in [0.4, 0.5) is 17.6 Å². The number of H-pyrrole nitrogens is 1. The first-order valence-electron chi connectivity index (χ1n) is 5.62. The molecule has 0 unspecified atom stereocenters. The van der Waals surface area contributed by atoms with Crippen LogP contribution in [0.1, 0.15) is 5.56 Å². The van der Waals surface area contributed by atoms with E-state index in [1.807, 2.05) is 4.98 Å². The molecule has 10 heteroatoms. The monoisotopic (exact) mass is 382 g/mol. The van der Waals surface area contributed by atoms with Crippen LogP contribution in [0, 0.1) is 5.82 Å². The molecular formula is C12H7BrF4N2O3. The predicted molar refractivity (Wildman–Crippen MR) is 71.9 cm³/mol. The Hall–Kier alpha value is -2.10. The topological polar surface area (TPSA) is 64.1 Å². The van der Waals surface area contributed by atoms with Gasteiger partial charge in [0.25, 0.3) is 5.56 Å². The second-order valence-electron chi connectivity index (χ2n) is 4.08. The molecule has 118 valence electrons. The minimum atomic E-state index is -4.83. The molecule has 1 heterocycles. The van der Waals surface area contributed by atoms with Crippen molar-refractivity contribution in [2.45, 2.75) is 6.18 Å². The predicted octanol–water partition coefficient (Wildman–Crippen LogP) is 2.45. The lowest BCUT2D eigenvalue weighted by molar-refractivity contribution is -0.138. The van der Waals surface area contributed by atoms with Crippen LogP contribution in [-0.2, 0) is 6.18 Å². The Morgan fingerprint density at radius 2 is 1.95 bits per heavy atom. The molecule has 0 saturated heterocycles. The summed E-state index contributed by atoms with van der Waals surface area (Å²) >= 11 is 2.68. The maximum Gasteiger partial charge on any atom is 0.420 e. The first-order valence-corrected chi connectivity index (χ1v) is 6.41. The van der Waals surface area contributed by atoms with Crippen molar-refractivity contribution in [2.75, 3.05) is 7.11 Å². The molecule has 0 aliphatic carbocycles. The van der Waals surface area contributed by atoms with Gasteiger partial charge in [0, 0.05) is 12.3 Å². The lowest BCUT2D eigenvalue weighted by Crippen LogP contribution is -2.28. The number of alkyl halides is 3. The molecule has 0 bridgehead atoms. The second kappa shape index (κ2) is 5.59. The van der Waals surface area contributed by atoms with Crippen molar-refractivity contribution < 1.29 is 22.3 Å². The lowest BCUT2D eigenvalue weighted by Gasteiger charge is -2.17. The number of aromatic nitrogens is 2. The second-order valence-corrected chi connectivity index (χ2v) is 4.88. The molecule has 1 aromatic heterocycles. The van der Waals surface area contributed by atoms with Gasteiger partial charge in [0.05, 0.1) is 17.3 Å². The van der Waals surface area contributed by atoms with E-state index in [-0.39, 0.29) is 0 Å². The molecule has 0 amide bonds. The van der Waals surface area contributed by atoms with E-state index < -0.39 is 44.7 Å². The maximum atomic E-state index is 14.2. The molecule has 0 spiro atoms. The molecule has 22 heavy (non-hydrogen) atoms. The molecule has 2 aromatic rings. The highest BCUT2D eigenvalue weighted by Crippen LogP contribution is 2.43. The summed E-state index contributed by atoms with van der Waals surface area (Å²) in [6.07, 6.45) is -3.96. The average molecular weight is 383 g/mol. The maximum absolute atomic E-state index is 14.2. The van der Waals surface area contributed by atoms with Crippen LogP contribution in [0.15, 0.2) is 32.4 Å². The van der Waals surface area contributed by atoms with Gasteiger partial charge < -0.3 is 4.74 Å². The number of methoxy groups -OCH3 is 1. The number of hydrogen-bond donors (Lipinski definition) is 1. The fraction of sp³-hybridized carbons (Fsp3) is 0.167. The smallest absolute Gasteiger partial charge is 0.420 e. The van der Waals surface area contributed by atoms with Crippen LogP contribution < -0.4 is 16.0 Å². The van der Waals surface area contributed by atoms with Crippen molar-refractivity contribution in [3.8, 4) is 11.4 Å². The number of aromatic amines is 1. The summed E-state index contributed by atoms with van der Waals surface area (Å²) in [4.78, 5) is 24.4. The van der Waals surface area contributed by atoms with Crippen LogP contribution in [-0.4, -0.2) is 16.7 Å². The van der Waals surface area contributed by atoms with E-state index in [9.17, 15) is 27.2 Å². The number of benzene rings is 1. The number of nitrogens with zero attached hydrogens (tertiary/aromatic N) is 1. The van der Waals surface area contributed by atoms with E-state index in [1.54, 1.807) is 0 Å². The Labute approximate surface area is 128 Å². The standard InChI is InChI=1S/C12H7BrF4N2O3/c1-22-10-5(12(15,16)17)4-6(9(14)8(10)13)19-3-2-7(20)18-11(19)21/h2-4H,1H3,(H,18,20,21). The lowest BCUT2D eigenvalue weighted by atomic mass is 10.1. The SMILES string of the molecule is COc1c(C(F)(F)F)cc(-n2ccc(=O)[nH]c2=O)c(F)c1Br. The Morgan fingerprint density at radius 3 is 2.45 bits per heavy atom. The van der Waals surface area contributed by atoms with Crippen LogP contribution in [0.3, 0.4) is 0 Å². The zero-order chi connectivity index (χ0) is 16.7. The zero-order valence-corrected chi connectivity index (χ0v) is 12.4. The van der Waals surface area contributed by atoms with E-state index in [1.165, 1.54) is 0 Å². The Bertz CT molecular complexity index is 842. The number of hydrogen-bond acceptors (Lipinski definition) is 3. The third kappa shape index (κ3) is 2.78. The fourth-order valence-electron chi connectivity index (χ4n) is 1.79. The van der Waals surface area contributed by atoms with Crippen LogP contribution in [0.2, 0.25) is 0 Å². The van der Waals surface area contributed by atoms with Gasteiger partial charge in [-0.05, 0) is 22.0 Å². The number of ether oxygens (including phenoxy) is 1. The third-order valence-corrected chi connectivity index (χ3v) is 3.44. The minimum Gasteiger partial charge on any atom is -0.495 e. The number of nitrogens with one attached hydrogen (secondary N) is 1. The molecule has 0 aliphatic heterocycles. The highest BCUT2D eigenvalue weighted by Gasteiger charge is 2.37. The first kappa shape index (κ1) is 16.3. The highest BCUT2D eigenvalue weighted by molar-refractivity contribution is 9.10. The molecule has 0 atom stereocenters. The first-order chi connectivity index (χ1) is 10.2. The van der Waals surface area contributed by atoms with Crippen molar-refractivity contribution in [1.29, 1.82) is 0 Å². The molecule has 0 fully saturated rings. The van der Waals surface area contributed by atoms with Gasteiger partial charge >= 0.3 is 11.9 Å². The quantitative estimate of drug-likeness (QED) is 0.811. The van der Waals surface area contributed by atoms with E-state index in [0.29, 0.717) is 10.6 Å². The van der Waals surface area contributed by atoms with E-state index >= 15 is 0 Å². The third-order valence-electron chi connectivity index (χ3n) is 2.74. The van der Waals surface area contributed by atoms with E-state index in [2.05, 4.69) is 20.7 Å². The van der Waals surface area contributed by atoms with Gasteiger partial charge in [-0.3, -0.25) is 14.3 Å². The highest BCUT2D eigenvalue weighted by atomic mass is 79.9. The zero-order valence-electron chi connectivity index (χ0n) is 10.8. The summed E-state index contributed by atoms with van der Waals surface area (Å²) in [5, 5.41) is 0. The van der Waals surface area contributed by atoms with Gasteiger partial charge in [0.1, 0.15) is 11.3 Å². The number of halogens is 5. The molecule has 1 N–H and O–H groups in total. The van der Waals surface area contributed by atoms with Gasteiger partial charge in [-0.25, -0.2) is 9.18 Å². The van der Waals surface area contributed by atoms with E-state index in [0.717, 1.165) is 19.4 Å². The normalized spacial score (nSPS) is 11.5. The molecule has 5 nitrogen and oxygen atoms in total. The summed E-state index contributed by atoms with van der Waals surface area (Å²) in [7, 11) is 0.959. The van der Waals surface area contributed by atoms with Crippen molar-refractivity contribution in [3.63, 3.8) is 0 Å². The largest absolute Gasteiger partial charge is 0.495 e. The average Bonchev–Trinajstić information content (AvgIpc) is 2.41. The molecule has 0 saturated carbocycles. The van der Waals surface area contributed by atoms with Crippen molar-refractivity contribution in [2.24, 2.45) is 0 Å². The fourth-order valence-corrected chi connectivity index (χ4v) is 2.37. The molecule has 2 rings (SSSR count). The number of rotatable bonds is 2. The van der Waals surface area contributed by atoms with Crippen LogP contribution in [0.25, 0.3) is 5.69 Å². The van der Waals surface area contributed by atoms with Crippen molar-refractivity contribution in [3.05, 3.63) is 55.0 Å². The molecule has 0 radical (unpaired) electrons. The Morgan fingerprint density at radius 1 is 1.32 bits per heavy atom. The summed E-state index contributed by atoms with van der Waals surface area (Å²) in [5.41, 5.74) is -3.78. The molecular weight excluding hydrogens is 376 g/mol. The van der Waals surface area contributed by atoms with Crippen molar-refractivity contribution >= 4 is 15.9 Å². The Balaban J connectivity index is 2.86. The van der Waals surface area contributed by atoms with Gasteiger partial charge in [-0.1, -0.05) is 0 Å². The van der Waals surface area contributed by atoms with Gasteiger partial charge in [0.15, 0.2) is 5.82 Å². The minimum absolute atomic E-state index is 0.429. The van der Waals surface area contributed by atoms with Gasteiger partial charge in [0.2, 0.25) is 0 Å². The van der Waals surface area contributed by atoms with Crippen LogP contribution in [0.5, 0.6) is 5.75 Å². The van der Waals surface area contributed by atoms with Crippen LogP contribution >= 0.6 is 15.9 Å². The summed E-state index contributed by atoms with van der Waals surface area (Å²) in [6, 6.07) is 1.31. The van der Waals surface area contributed by atoms with Gasteiger partial charge in [-0.15, -0.1) is 0 Å². The summed E-state index contributed by atoms with van der Waals surface area (Å²) in [6.45, 7) is 0. The summed E-state index contributed by atoms with van der Waals surface area (Å²) < 4.78 is 57.9.